The number of aliphatic hydroxyl groups is 1. The zero-order valence-corrected chi connectivity index (χ0v) is 23.6. The molecule has 1 N–H and O–H groups in total. The van der Waals surface area contributed by atoms with Gasteiger partial charge in [0.15, 0.2) is 15.8 Å². The van der Waals surface area contributed by atoms with Crippen LogP contribution in [0.2, 0.25) is 0 Å². The van der Waals surface area contributed by atoms with E-state index in [0.717, 1.165) is 5.56 Å². The molecule has 41 heavy (non-hydrogen) atoms. The van der Waals surface area contributed by atoms with Gasteiger partial charge in [-0.15, -0.1) is 10.2 Å². The molecule has 1 atom stereocenters. The number of nitrogens with zero attached hydrogens (tertiary/aromatic N) is 3. The summed E-state index contributed by atoms with van der Waals surface area (Å²) in [4.78, 5) is 28.4. The molecule has 3 aromatic carbocycles. The summed E-state index contributed by atoms with van der Waals surface area (Å²) < 4.78 is 17.6. The zero-order valence-electron chi connectivity index (χ0n) is 22.0. The van der Waals surface area contributed by atoms with Crippen LogP contribution in [-0.4, -0.2) is 46.8 Å². The van der Waals surface area contributed by atoms with Crippen molar-refractivity contribution in [2.75, 3.05) is 24.7 Å². The number of hydrogen-bond donors (Lipinski definition) is 1. The predicted octanol–water partition coefficient (Wildman–Crippen LogP) is 5.63. The molecule has 0 bridgehead atoms. The molecular weight excluding hydrogens is 562 g/mol. The molecule has 0 saturated carbocycles. The van der Waals surface area contributed by atoms with Crippen LogP contribution in [0.3, 0.4) is 0 Å². The minimum Gasteiger partial charge on any atom is -0.507 e. The van der Waals surface area contributed by atoms with Crippen molar-refractivity contribution in [2.45, 2.75) is 23.1 Å². The Morgan fingerprint density at radius 3 is 2.63 bits per heavy atom. The Kier molecular flexibility index (Phi) is 7.62. The van der Waals surface area contributed by atoms with E-state index < -0.39 is 17.7 Å². The number of ketones is 1. The Morgan fingerprint density at radius 1 is 1.02 bits per heavy atom. The van der Waals surface area contributed by atoms with Gasteiger partial charge in [0.25, 0.3) is 5.78 Å². The van der Waals surface area contributed by atoms with Crippen LogP contribution < -0.4 is 19.1 Å². The van der Waals surface area contributed by atoms with Crippen molar-refractivity contribution in [1.29, 1.82) is 0 Å². The maximum absolute atomic E-state index is 13.6. The quantitative estimate of drug-likeness (QED) is 0.0922. The highest BCUT2D eigenvalue weighted by Crippen LogP contribution is 2.45. The lowest BCUT2D eigenvalue weighted by atomic mass is 9.95. The number of rotatable bonds is 8. The van der Waals surface area contributed by atoms with Crippen molar-refractivity contribution in [1.82, 2.24) is 10.2 Å². The molecule has 3 heterocycles. The summed E-state index contributed by atoms with van der Waals surface area (Å²) in [6, 6.07) is 21.0. The van der Waals surface area contributed by atoms with Gasteiger partial charge in [0.05, 0.1) is 18.2 Å². The van der Waals surface area contributed by atoms with E-state index >= 15 is 0 Å². The van der Waals surface area contributed by atoms with Crippen molar-refractivity contribution in [3.8, 4) is 17.2 Å². The van der Waals surface area contributed by atoms with Crippen LogP contribution in [0, 0.1) is 0 Å². The summed E-state index contributed by atoms with van der Waals surface area (Å²) in [5.74, 6) is 0.309. The molecule has 1 saturated heterocycles. The first kappa shape index (κ1) is 26.9. The highest BCUT2D eigenvalue weighted by Gasteiger charge is 2.48. The predicted molar refractivity (Wildman–Crippen MR) is 156 cm³/mol. The van der Waals surface area contributed by atoms with Crippen molar-refractivity contribution >= 4 is 45.7 Å². The van der Waals surface area contributed by atoms with Gasteiger partial charge >= 0.3 is 5.91 Å². The van der Waals surface area contributed by atoms with Crippen molar-refractivity contribution < 1.29 is 28.9 Å². The van der Waals surface area contributed by atoms with Gasteiger partial charge in [0, 0.05) is 11.3 Å². The second kappa shape index (κ2) is 11.6. The number of aromatic nitrogens is 2. The Morgan fingerprint density at radius 2 is 1.83 bits per heavy atom. The third-order valence-electron chi connectivity index (χ3n) is 6.55. The topological polar surface area (TPSA) is 111 Å². The number of amides is 1. The number of carbonyl (C=O) groups excluding carboxylic acids is 2. The highest BCUT2D eigenvalue weighted by molar-refractivity contribution is 8.00. The van der Waals surface area contributed by atoms with Gasteiger partial charge in [-0.05, 0) is 48.4 Å². The number of carbonyl (C=O) groups is 2. The number of hydrogen-bond acceptors (Lipinski definition) is 10. The molecule has 0 aliphatic carbocycles. The van der Waals surface area contributed by atoms with E-state index in [-0.39, 0.29) is 16.5 Å². The Balaban J connectivity index is 1.41. The summed E-state index contributed by atoms with van der Waals surface area (Å²) in [5, 5.41) is 20.3. The average molecular weight is 588 g/mol. The average Bonchev–Trinajstić information content (AvgIpc) is 3.58. The molecule has 208 valence electrons. The molecule has 1 unspecified atom stereocenters. The van der Waals surface area contributed by atoms with Crippen LogP contribution in [0.1, 0.15) is 29.7 Å². The number of anilines is 1. The molecule has 0 radical (unpaired) electrons. The molecule has 6 rings (SSSR count). The number of benzene rings is 3. The standard InChI is InChI=1S/C30H25N3O6S2/c1-2-37-21-10-6-9-19(15-21)25-24(26(34)20-11-12-22-23(16-20)39-14-13-38-22)27(35)28(36)33(25)29-31-32-30(41-29)40-17-18-7-4-3-5-8-18/h3-12,15-16,25,34H,2,13-14,17H2,1H3/b26-24-. The van der Waals surface area contributed by atoms with Gasteiger partial charge in [-0.3, -0.25) is 14.5 Å². The molecule has 1 amide bonds. The van der Waals surface area contributed by atoms with Gasteiger partial charge in [0.1, 0.15) is 24.7 Å². The minimum atomic E-state index is -0.955. The lowest BCUT2D eigenvalue weighted by Gasteiger charge is -2.23. The van der Waals surface area contributed by atoms with E-state index in [4.69, 9.17) is 14.2 Å². The number of fused-ring (bicyclic) bond motifs is 1. The van der Waals surface area contributed by atoms with Gasteiger partial charge in [-0.25, -0.2) is 0 Å². The third kappa shape index (κ3) is 5.38. The summed E-state index contributed by atoms with van der Waals surface area (Å²) in [6.45, 7) is 3.11. The number of ether oxygens (including phenoxy) is 3. The first-order valence-corrected chi connectivity index (χ1v) is 14.8. The van der Waals surface area contributed by atoms with E-state index in [1.54, 1.807) is 42.5 Å². The number of thioether (sulfide) groups is 1. The van der Waals surface area contributed by atoms with Crippen molar-refractivity contribution in [3.05, 3.63) is 95.1 Å². The van der Waals surface area contributed by atoms with Crippen LogP contribution in [-0.2, 0) is 15.3 Å². The molecule has 2 aliphatic rings. The van der Waals surface area contributed by atoms with Crippen LogP contribution >= 0.6 is 23.1 Å². The van der Waals surface area contributed by atoms with Gasteiger partial charge in [-0.2, -0.15) is 0 Å². The zero-order chi connectivity index (χ0) is 28.3. The van der Waals surface area contributed by atoms with E-state index in [1.807, 2.05) is 37.3 Å². The second-order valence-corrected chi connectivity index (χ2v) is 11.3. The molecule has 9 nitrogen and oxygen atoms in total. The fourth-order valence-electron chi connectivity index (χ4n) is 4.71. The molecule has 4 aromatic rings. The number of Topliss-reactive ketones (excluding diaryl/α,β-unsaturated/α-hetero) is 1. The van der Waals surface area contributed by atoms with Gasteiger partial charge in [0.2, 0.25) is 5.13 Å². The van der Waals surface area contributed by atoms with E-state index in [1.165, 1.54) is 28.0 Å². The molecule has 2 aliphatic heterocycles. The Hall–Kier alpha value is -4.35. The van der Waals surface area contributed by atoms with E-state index in [2.05, 4.69) is 10.2 Å². The summed E-state index contributed by atoms with van der Waals surface area (Å²) in [5.41, 5.74) is 1.98. The minimum absolute atomic E-state index is 0.0611. The monoisotopic (exact) mass is 587 g/mol. The van der Waals surface area contributed by atoms with Crippen LogP contribution in [0.25, 0.3) is 5.76 Å². The highest BCUT2D eigenvalue weighted by atomic mass is 32.2. The maximum atomic E-state index is 13.6. The third-order valence-corrected chi connectivity index (χ3v) is 8.68. The van der Waals surface area contributed by atoms with Crippen LogP contribution in [0.15, 0.2) is 82.7 Å². The van der Waals surface area contributed by atoms with Gasteiger partial charge < -0.3 is 19.3 Å². The maximum Gasteiger partial charge on any atom is 0.301 e. The first-order chi connectivity index (χ1) is 20.0. The SMILES string of the molecule is CCOc1cccc(C2/C(=C(/O)c3ccc4c(c3)OCCO4)C(=O)C(=O)N2c2nnc(SCc3ccccc3)s2)c1. The largest absolute Gasteiger partial charge is 0.507 e. The smallest absolute Gasteiger partial charge is 0.301 e. The van der Waals surface area contributed by atoms with E-state index in [0.29, 0.717) is 58.3 Å². The Bertz CT molecular complexity index is 1640. The molecular formula is C30H25N3O6S2. The number of aliphatic hydroxyl groups excluding tert-OH is 1. The molecule has 1 fully saturated rings. The van der Waals surface area contributed by atoms with Crippen LogP contribution in [0.5, 0.6) is 17.2 Å². The van der Waals surface area contributed by atoms with E-state index in [9.17, 15) is 14.7 Å². The summed E-state index contributed by atoms with van der Waals surface area (Å²) >= 11 is 2.71. The summed E-state index contributed by atoms with van der Waals surface area (Å²) in [7, 11) is 0. The normalized spacial score (nSPS) is 17.6. The Labute approximate surface area is 244 Å². The first-order valence-electron chi connectivity index (χ1n) is 13.0. The lowest BCUT2D eigenvalue weighted by molar-refractivity contribution is -0.132. The lowest BCUT2D eigenvalue weighted by Crippen LogP contribution is -2.29. The van der Waals surface area contributed by atoms with Crippen molar-refractivity contribution in [2.24, 2.45) is 0 Å². The molecule has 11 heteroatoms. The van der Waals surface area contributed by atoms with Crippen molar-refractivity contribution in [3.63, 3.8) is 0 Å². The summed E-state index contributed by atoms with van der Waals surface area (Å²) in [6.07, 6.45) is 0. The fraction of sp³-hybridized carbons (Fsp3) is 0.200. The fourth-order valence-corrected chi connectivity index (χ4v) is 6.53. The van der Waals surface area contributed by atoms with Gasteiger partial charge in [-0.1, -0.05) is 65.6 Å². The second-order valence-electron chi connectivity index (χ2n) is 9.16. The molecule has 1 aromatic heterocycles. The van der Waals surface area contributed by atoms with Crippen LogP contribution in [0.4, 0.5) is 5.13 Å². The molecule has 0 spiro atoms.